The second-order valence-corrected chi connectivity index (χ2v) is 7.52. The highest BCUT2D eigenvalue weighted by Crippen LogP contribution is 2.30. The summed E-state index contributed by atoms with van der Waals surface area (Å²) in [5, 5.41) is 12.7. The minimum absolute atomic E-state index is 0.136. The monoisotopic (exact) mass is 357 g/mol. The number of furan rings is 1. The third-order valence-electron chi connectivity index (χ3n) is 4.71. The van der Waals surface area contributed by atoms with Crippen LogP contribution in [-0.4, -0.2) is 36.2 Å². The highest BCUT2D eigenvalue weighted by Gasteiger charge is 2.32. The Kier molecular flexibility index (Phi) is 5.14. The van der Waals surface area contributed by atoms with Gasteiger partial charge in [0.1, 0.15) is 11.3 Å². The molecule has 3 heterocycles. The predicted molar refractivity (Wildman–Crippen MR) is 100 cm³/mol. The Morgan fingerprint density at radius 2 is 2.16 bits per heavy atom. The SMILES string of the molecule is OCCN(Cc1cccs1)CC1CNNC1c1cc2ccccc2o1. The molecule has 5 nitrogen and oxygen atoms in total. The van der Waals surface area contributed by atoms with Gasteiger partial charge in [-0.2, -0.15) is 0 Å². The van der Waals surface area contributed by atoms with E-state index in [0.29, 0.717) is 12.5 Å². The van der Waals surface area contributed by atoms with E-state index < -0.39 is 0 Å². The Labute approximate surface area is 151 Å². The van der Waals surface area contributed by atoms with E-state index in [1.54, 1.807) is 11.3 Å². The molecule has 132 valence electrons. The van der Waals surface area contributed by atoms with Crippen molar-refractivity contribution in [2.45, 2.75) is 12.6 Å². The van der Waals surface area contributed by atoms with Gasteiger partial charge >= 0.3 is 0 Å². The smallest absolute Gasteiger partial charge is 0.134 e. The van der Waals surface area contributed by atoms with Gasteiger partial charge in [-0.3, -0.25) is 10.3 Å². The topological polar surface area (TPSA) is 60.7 Å². The van der Waals surface area contributed by atoms with Crippen LogP contribution in [0, 0.1) is 5.92 Å². The normalized spacial score (nSPS) is 20.7. The molecule has 0 aliphatic carbocycles. The van der Waals surface area contributed by atoms with Crippen LogP contribution in [0.3, 0.4) is 0 Å². The highest BCUT2D eigenvalue weighted by molar-refractivity contribution is 7.09. The summed E-state index contributed by atoms with van der Waals surface area (Å²) in [5.41, 5.74) is 7.56. The van der Waals surface area contributed by atoms with Gasteiger partial charge in [-0.1, -0.05) is 24.3 Å². The molecule has 0 saturated carbocycles. The number of benzene rings is 1. The van der Waals surface area contributed by atoms with E-state index in [1.807, 2.05) is 18.2 Å². The van der Waals surface area contributed by atoms with E-state index in [-0.39, 0.29) is 12.6 Å². The van der Waals surface area contributed by atoms with E-state index >= 15 is 0 Å². The van der Waals surface area contributed by atoms with Crippen LogP contribution in [-0.2, 0) is 6.54 Å². The van der Waals surface area contributed by atoms with Gasteiger partial charge in [0.25, 0.3) is 0 Å². The number of thiophene rings is 1. The number of hydrogen-bond donors (Lipinski definition) is 3. The Bertz CT molecular complexity index is 769. The number of nitrogens with zero attached hydrogens (tertiary/aromatic N) is 1. The van der Waals surface area contributed by atoms with Crippen molar-refractivity contribution in [2.24, 2.45) is 5.92 Å². The van der Waals surface area contributed by atoms with Gasteiger partial charge in [-0.25, -0.2) is 5.43 Å². The summed E-state index contributed by atoms with van der Waals surface area (Å²) in [6.45, 7) is 3.52. The zero-order valence-electron chi connectivity index (χ0n) is 14.0. The average Bonchev–Trinajstić information content (AvgIpc) is 3.35. The molecule has 1 aromatic carbocycles. The van der Waals surface area contributed by atoms with Gasteiger partial charge in [0, 0.05) is 42.4 Å². The Morgan fingerprint density at radius 1 is 1.24 bits per heavy atom. The molecule has 6 heteroatoms. The molecule has 2 unspecified atom stereocenters. The first-order chi connectivity index (χ1) is 12.3. The second-order valence-electron chi connectivity index (χ2n) is 6.49. The molecule has 1 aliphatic rings. The van der Waals surface area contributed by atoms with Crippen LogP contribution in [0.5, 0.6) is 0 Å². The number of hydrogen-bond acceptors (Lipinski definition) is 6. The first-order valence-corrected chi connectivity index (χ1v) is 9.54. The molecule has 0 bridgehead atoms. The molecule has 4 rings (SSSR count). The third kappa shape index (κ3) is 3.78. The van der Waals surface area contributed by atoms with Gasteiger partial charge in [-0.15, -0.1) is 11.3 Å². The zero-order valence-corrected chi connectivity index (χ0v) is 14.8. The van der Waals surface area contributed by atoms with Crippen molar-refractivity contribution in [3.63, 3.8) is 0 Å². The van der Waals surface area contributed by atoms with Gasteiger partial charge < -0.3 is 9.52 Å². The van der Waals surface area contributed by atoms with Gasteiger partial charge in [0.15, 0.2) is 0 Å². The van der Waals surface area contributed by atoms with Gasteiger partial charge in [0.2, 0.25) is 0 Å². The number of nitrogens with one attached hydrogen (secondary N) is 2. The number of aliphatic hydroxyl groups is 1. The number of para-hydroxylation sites is 1. The maximum atomic E-state index is 9.43. The first-order valence-electron chi connectivity index (χ1n) is 8.66. The number of hydrazine groups is 1. The number of rotatable bonds is 7. The molecule has 0 radical (unpaired) electrons. The molecule has 1 fully saturated rings. The lowest BCUT2D eigenvalue weighted by Gasteiger charge is -2.26. The molecule has 0 amide bonds. The Hall–Kier alpha value is -1.70. The molecule has 3 N–H and O–H groups in total. The summed E-state index contributed by atoms with van der Waals surface area (Å²) >= 11 is 1.76. The summed E-state index contributed by atoms with van der Waals surface area (Å²) in [5.74, 6) is 1.35. The third-order valence-corrected chi connectivity index (χ3v) is 5.57. The van der Waals surface area contributed by atoms with E-state index in [1.165, 1.54) is 4.88 Å². The van der Waals surface area contributed by atoms with Crippen LogP contribution in [0.1, 0.15) is 16.7 Å². The molecule has 3 aromatic rings. The molecular formula is C19H23N3O2S. The molecule has 1 saturated heterocycles. The van der Waals surface area contributed by atoms with Gasteiger partial charge in [0.05, 0.1) is 12.6 Å². The predicted octanol–water partition coefficient (Wildman–Crippen LogP) is 2.75. The highest BCUT2D eigenvalue weighted by atomic mass is 32.1. The lowest BCUT2D eigenvalue weighted by molar-refractivity contribution is 0.165. The Morgan fingerprint density at radius 3 is 2.96 bits per heavy atom. The minimum atomic E-state index is 0.136. The number of aliphatic hydroxyl groups excluding tert-OH is 1. The van der Waals surface area contributed by atoms with Crippen LogP contribution < -0.4 is 10.9 Å². The van der Waals surface area contributed by atoms with Crippen molar-refractivity contribution < 1.29 is 9.52 Å². The minimum Gasteiger partial charge on any atom is -0.459 e. The molecule has 25 heavy (non-hydrogen) atoms. The summed E-state index contributed by atoms with van der Waals surface area (Å²) in [6.07, 6.45) is 0. The lowest BCUT2D eigenvalue weighted by Crippen LogP contribution is -2.34. The summed E-state index contributed by atoms with van der Waals surface area (Å²) in [4.78, 5) is 3.65. The summed E-state index contributed by atoms with van der Waals surface area (Å²) in [6, 6.07) is 14.6. The lowest BCUT2D eigenvalue weighted by atomic mass is 9.99. The first kappa shape index (κ1) is 16.8. The maximum absolute atomic E-state index is 9.43. The van der Waals surface area contributed by atoms with Crippen molar-refractivity contribution in [3.8, 4) is 0 Å². The largest absolute Gasteiger partial charge is 0.459 e. The average molecular weight is 357 g/mol. The van der Waals surface area contributed by atoms with Crippen molar-refractivity contribution in [2.75, 3.05) is 26.2 Å². The zero-order chi connectivity index (χ0) is 17.1. The van der Waals surface area contributed by atoms with Crippen LogP contribution in [0.4, 0.5) is 0 Å². The molecule has 0 spiro atoms. The molecule has 2 atom stereocenters. The summed E-state index contributed by atoms with van der Waals surface area (Å²) in [7, 11) is 0. The Balaban J connectivity index is 1.49. The fourth-order valence-electron chi connectivity index (χ4n) is 3.50. The van der Waals surface area contributed by atoms with E-state index in [0.717, 1.165) is 36.4 Å². The molecular weight excluding hydrogens is 334 g/mol. The molecule has 2 aromatic heterocycles. The fraction of sp³-hybridized carbons (Fsp3) is 0.368. The van der Waals surface area contributed by atoms with E-state index in [2.05, 4.69) is 45.4 Å². The van der Waals surface area contributed by atoms with Crippen LogP contribution in [0.2, 0.25) is 0 Å². The van der Waals surface area contributed by atoms with Crippen molar-refractivity contribution in [1.29, 1.82) is 0 Å². The van der Waals surface area contributed by atoms with E-state index in [9.17, 15) is 5.11 Å². The van der Waals surface area contributed by atoms with Crippen molar-refractivity contribution >= 4 is 22.3 Å². The molecule has 1 aliphatic heterocycles. The van der Waals surface area contributed by atoms with Crippen LogP contribution >= 0.6 is 11.3 Å². The fourth-order valence-corrected chi connectivity index (χ4v) is 4.24. The van der Waals surface area contributed by atoms with E-state index in [4.69, 9.17) is 4.42 Å². The standard InChI is InChI=1S/C19H23N3O2S/c23-8-7-22(13-16-5-3-9-25-16)12-15-11-20-21-19(15)18-10-14-4-1-2-6-17(14)24-18/h1-6,9-10,15,19-21,23H,7-8,11-13H2. The second kappa shape index (κ2) is 7.68. The summed E-state index contributed by atoms with van der Waals surface area (Å²) < 4.78 is 6.06. The van der Waals surface area contributed by atoms with Crippen molar-refractivity contribution in [1.82, 2.24) is 15.8 Å². The maximum Gasteiger partial charge on any atom is 0.134 e. The van der Waals surface area contributed by atoms with Crippen LogP contribution in [0.25, 0.3) is 11.0 Å². The quantitative estimate of drug-likeness (QED) is 0.607. The van der Waals surface area contributed by atoms with Crippen LogP contribution in [0.15, 0.2) is 52.3 Å². The van der Waals surface area contributed by atoms with Gasteiger partial charge in [-0.05, 0) is 23.6 Å². The number of fused-ring (bicyclic) bond motifs is 1. The van der Waals surface area contributed by atoms with Crippen molar-refractivity contribution in [3.05, 3.63) is 58.5 Å².